The molecule has 2 N–H and O–H groups in total. The van der Waals surface area contributed by atoms with E-state index >= 15 is 0 Å². The van der Waals surface area contributed by atoms with Gasteiger partial charge in [-0.05, 0) is 38.5 Å². The van der Waals surface area contributed by atoms with Crippen LogP contribution in [0.2, 0.25) is 10.0 Å². The molecule has 1 unspecified atom stereocenters. The van der Waals surface area contributed by atoms with Crippen LogP contribution in [-0.2, 0) is 4.74 Å². The smallest absolute Gasteiger partial charge is 0.0953 e. The Bertz CT molecular complexity index is 451. The van der Waals surface area contributed by atoms with Gasteiger partial charge in [-0.15, -0.1) is 12.4 Å². The van der Waals surface area contributed by atoms with Crippen molar-refractivity contribution in [3.8, 4) is 0 Å². The quantitative estimate of drug-likeness (QED) is 0.780. The fourth-order valence-corrected chi connectivity index (χ4v) is 2.75. The molecule has 0 saturated carbocycles. The Morgan fingerprint density at radius 1 is 1.25 bits per heavy atom. The topological polar surface area (TPSA) is 38.5 Å². The highest BCUT2D eigenvalue weighted by Crippen LogP contribution is 2.34. The standard InChI is InChI=1S/C14H20Cl2N2O.ClH/c1-14(2,3)18-4-5-19-12(8-18)9-6-10(15)13(17)11(16)7-9;/h6-7,12H,4-5,8,17H2,1-3H3;1H. The summed E-state index contributed by atoms with van der Waals surface area (Å²) in [5.74, 6) is 0. The molecule has 0 amide bonds. The van der Waals surface area contributed by atoms with Gasteiger partial charge in [0.1, 0.15) is 0 Å². The second-order valence-electron chi connectivity index (χ2n) is 5.87. The van der Waals surface area contributed by atoms with Gasteiger partial charge in [0.25, 0.3) is 0 Å². The van der Waals surface area contributed by atoms with Crippen molar-refractivity contribution >= 4 is 41.3 Å². The number of nitrogen functional groups attached to an aromatic ring is 1. The first-order chi connectivity index (χ1) is 8.79. The molecule has 1 aromatic carbocycles. The third-order valence-electron chi connectivity index (χ3n) is 3.49. The molecule has 0 spiro atoms. The lowest BCUT2D eigenvalue weighted by Crippen LogP contribution is -2.48. The number of morpholine rings is 1. The van der Waals surface area contributed by atoms with Gasteiger partial charge in [-0.3, -0.25) is 4.90 Å². The zero-order valence-corrected chi connectivity index (χ0v) is 14.3. The molecule has 1 aliphatic rings. The summed E-state index contributed by atoms with van der Waals surface area (Å²) >= 11 is 12.2. The third kappa shape index (κ3) is 3.92. The van der Waals surface area contributed by atoms with Gasteiger partial charge in [0.2, 0.25) is 0 Å². The van der Waals surface area contributed by atoms with Crippen molar-refractivity contribution in [3.05, 3.63) is 27.7 Å². The Hall–Kier alpha value is -0.190. The Labute approximate surface area is 136 Å². The van der Waals surface area contributed by atoms with Crippen molar-refractivity contribution in [3.63, 3.8) is 0 Å². The lowest BCUT2D eigenvalue weighted by molar-refractivity contribution is -0.0596. The van der Waals surface area contributed by atoms with E-state index in [1.165, 1.54) is 0 Å². The van der Waals surface area contributed by atoms with Crippen LogP contribution in [0.1, 0.15) is 32.4 Å². The van der Waals surface area contributed by atoms with Gasteiger partial charge in [0.05, 0.1) is 28.4 Å². The maximum Gasteiger partial charge on any atom is 0.0953 e. The van der Waals surface area contributed by atoms with Crippen LogP contribution in [0.3, 0.4) is 0 Å². The molecular weight excluding hydrogens is 319 g/mol. The summed E-state index contributed by atoms with van der Waals surface area (Å²) in [5, 5.41) is 0.970. The largest absolute Gasteiger partial charge is 0.396 e. The first-order valence-electron chi connectivity index (χ1n) is 6.40. The molecule has 2 rings (SSSR count). The molecule has 1 heterocycles. The van der Waals surface area contributed by atoms with E-state index < -0.39 is 0 Å². The van der Waals surface area contributed by atoms with Gasteiger partial charge in [0, 0.05) is 18.6 Å². The molecule has 3 nitrogen and oxygen atoms in total. The van der Waals surface area contributed by atoms with E-state index in [2.05, 4.69) is 25.7 Å². The predicted octanol–water partition coefficient (Wildman–Crippen LogP) is 4.17. The average Bonchev–Trinajstić information content (AvgIpc) is 2.34. The second-order valence-corrected chi connectivity index (χ2v) is 6.69. The van der Waals surface area contributed by atoms with Crippen LogP contribution in [0, 0.1) is 0 Å². The number of ether oxygens (including phenoxy) is 1. The van der Waals surface area contributed by atoms with Crippen LogP contribution < -0.4 is 5.73 Å². The Morgan fingerprint density at radius 2 is 1.80 bits per heavy atom. The van der Waals surface area contributed by atoms with E-state index in [1.54, 1.807) is 0 Å². The van der Waals surface area contributed by atoms with Gasteiger partial charge in [0.15, 0.2) is 0 Å². The molecule has 1 aliphatic heterocycles. The molecule has 0 radical (unpaired) electrons. The normalized spacial score (nSPS) is 20.6. The van der Waals surface area contributed by atoms with E-state index in [0.717, 1.165) is 18.7 Å². The van der Waals surface area contributed by atoms with Crippen LogP contribution in [0.25, 0.3) is 0 Å². The molecule has 0 aromatic heterocycles. The Morgan fingerprint density at radius 3 is 2.30 bits per heavy atom. The average molecular weight is 340 g/mol. The number of hydrogen-bond donors (Lipinski definition) is 1. The predicted molar refractivity (Wildman–Crippen MR) is 88.1 cm³/mol. The zero-order valence-electron chi connectivity index (χ0n) is 12.0. The van der Waals surface area contributed by atoms with Crippen LogP contribution in [0.4, 0.5) is 5.69 Å². The van der Waals surface area contributed by atoms with E-state index in [0.29, 0.717) is 22.3 Å². The molecule has 0 aliphatic carbocycles. The molecule has 114 valence electrons. The maximum atomic E-state index is 6.09. The van der Waals surface area contributed by atoms with Crippen molar-refractivity contribution in [2.45, 2.75) is 32.4 Å². The number of benzene rings is 1. The summed E-state index contributed by atoms with van der Waals surface area (Å²) < 4.78 is 5.84. The fourth-order valence-electron chi connectivity index (χ4n) is 2.25. The first-order valence-corrected chi connectivity index (χ1v) is 7.15. The van der Waals surface area contributed by atoms with Gasteiger partial charge >= 0.3 is 0 Å². The lowest BCUT2D eigenvalue weighted by atomic mass is 10.0. The lowest BCUT2D eigenvalue weighted by Gasteiger charge is -2.41. The highest BCUT2D eigenvalue weighted by molar-refractivity contribution is 6.38. The minimum Gasteiger partial charge on any atom is -0.396 e. The minimum atomic E-state index is -0.0106. The molecule has 1 atom stereocenters. The summed E-state index contributed by atoms with van der Waals surface area (Å²) in [7, 11) is 0. The van der Waals surface area contributed by atoms with Gasteiger partial charge < -0.3 is 10.5 Å². The molecule has 6 heteroatoms. The monoisotopic (exact) mass is 338 g/mol. The molecule has 1 saturated heterocycles. The van der Waals surface area contributed by atoms with Gasteiger partial charge in [-0.25, -0.2) is 0 Å². The highest BCUT2D eigenvalue weighted by Gasteiger charge is 2.29. The summed E-state index contributed by atoms with van der Waals surface area (Å²) in [6, 6.07) is 3.69. The third-order valence-corrected chi connectivity index (χ3v) is 4.11. The first kappa shape index (κ1) is 17.9. The maximum absolute atomic E-state index is 6.09. The number of anilines is 1. The summed E-state index contributed by atoms with van der Waals surface area (Å²) in [4.78, 5) is 2.40. The van der Waals surface area contributed by atoms with Crippen LogP contribution in [0.5, 0.6) is 0 Å². The van der Waals surface area contributed by atoms with Crippen LogP contribution in [-0.4, -0.2) is 30.1 Å². The van der Waals surface area contributed by atoms with E-state index in [1.807, 2.05) is 12.1 Å². The molecular formula is C14H21Cl3N2O. The van der Waals surface area contributed by atoms with Crippen LogP contribution >= 0.6 is 35.6 Å². The van der Waals surface area contributed by atoms with Crippen molar-refractivity contribution in [1.29, 1.82) is 0 Å². The molecule has 0 bridgehead atoms. The molecule has 1 fully saturated rings. The number of nitrogens with two attached hydrogens (primary N) is 1. The number of nitrogens with zero attached hydrogens (tertiary/aromatic N) is 1. The van der Waals surface area contributed by atoms with Gasteiger partial charge in [-0.1, -0.05) is 23.2 Å². The number of hydrogen-bond acceptors (Lipinski definition) is 3. The van der Waals surface area contributed by atoms with E-state index in [4.69, 9.17) is 33.7 Å². The SMILES string of the molecule is CC(C)(C)N1CCOC(c2cc(Cl)c(N)c(Cl)c2)C1.Cl. The summed E-state index contributed by atoms with van der Waals surface area (Å²) in [6.45, 7) is 9.10. The Balaban J connectivity index is 0.00000200. The van der Waals surface area contributed by atoms with Crippen molar-refractivity contribution in [2.24, 2.45) is 0 Å². The molecule has 20 heavy (non-hydrogen) atoms. The second kappa shape index (κ2) is 6.71. The summed E-state index contributed by atoms with van der Waals surface area (Å²) in [5.41, 5.74) is 7.30. The van der Waals surface area contributed by atoms with Crippen molar-refractivity contribution in [1.82, 2.24) is 4.90 Å². The van der Waals surface area contributed by atoms with Crippen LogP contribution in [0.15, 0.2) is 12.1 Å². The molecule has 1 aromatic rings. The van der Waals surface area contributed by atoms with Crippen molar-refractivity contribution < 1.29 is 4.74 Å². The van der Waals surface area contributed by atoms with Crippen molar-refractivity contribution in [2.75, 3.05) is 25.4 Å². The Kier molecular flexibility index (Phi) is 6.00. The van der Waals surface area contributed by atoms with E-state index in [9.17, 15) is 0 Å². The van der Waals surface area contributed by atoms with E-state index in [-0.39, 0.29) is 24.0 Å². The number of halogens is 3. The minimum absolute atomic E-state index is 0. The summed E-state index contributed by atoms with van der Waals surface area (Å²) in [6.07, 6.45) is -0.0106. The fraction of sp³-hybridized carbons (Fsp3) is 0.571. The van der Waals surface area contributed by atoms with Gasteiger partial charge in [-0.2, -0.15) is 0 Å². The highest BCUT2D eigenvalue weighted by atomic mass is 35.5. The number of rotatable bonds is 1. The zero-order chi connectivity index (χ0) is 14.2.